The summed E-state index contributed by atoms with van der Waals surface area (Å²) in [6.45, 7) is 3.44. The Bertz CT molecular complexity index is 291. The number of nitrogens with zero attached hydrogens (tertiary/aromatic N) is 1. The number of thioether (sulfide) groups is 1. The lowest BCUT2D eigenvalue weighted by molar-refractivity contribution is -0.139. The number of hydrogen-bond acceptors (Lipinski definition) is 4. The minimum atomic E-state index is -0.698. The van der Waals surface area contributed by atoms with Crippen LogP contribution in [0.15, 0.2) is 0 Å². The Labute approximate surface area is 93.4 Å². The van der Waals surface area contributed by atoms with Crippen LogP contribution < -0.4 is 5.32 Å². The first kappa shape index (κ1) is 9.93. The predicted octanol–water partition coefficient (Wildman–Crippen LogP) is 0.198. The van der Waals surface area contributed by atoms with Crippen LogP contribution in [-0.2, 0) is 4.79 Å². The third kappa shape index (κ3) is 1.48. The van der Waals surface area contributed by atoms with E-state index in [2.05, 4.69) is 10.2 Å². The van der Waals surface area contributed by atoms with Gasteiger partial charge in [0.05, 0.1) is 4.87 Å². The highest BCUT2D eigenvalue weighted by molar-refractivity contribution is 8.01. The fourth-order valence-corrected chi connectivity index (χ4v) is 4.75. The lowest BCUT2D eigenvalue weighted by Crippen LogP contribution is -2.63. The molecule has 0 aromatic carbocycles. The summed E-state index contributed by atoms with van der Waals surface area (Å²) in [7, 11) is 0. The molecule has 4 heterocycles. The van der Waals surface area contributed by atoms with Crippen molar-refractivity contribution < 1.29 is 9.90 Å². The number of aliphatic carboxylic acids is 1. The molecule has 0 saturated carbocycles. The molecule has 2 bridgehead atoms. The van der Waals surface area contributed by atoms with E-state index < -0.39 is 5.97 Å². The highest BCUT2D eigenvalue weighted by Gasteiger charge is 2.52. The SMILES string of the molecule is O=C(O)C1CSC2(CN3CCC2CC3)N1. The summed E-state index contributed by atoms with van der Waals surface area (Å²) in [5.74, 6) is 0.701. The molecule has 4 aliphatic heterocycles. The van der Waals surface area contributed by atoms with Gasteiger partial charge < -0.3 is 10.0 Å². The molecule has 0 radical (unpaired) electrons. The molecular weight excluding hydrogens is 212 g/mol. The van der Waals surface area contributed by atoms with Gasteiger partial charge in [0.2, 0.25) is 0 Å². The van der Waals surface area contributed by atoms with Crippen molar-refractivity contribution in [3.63, 3.8) is 0 Å². The second-order valence-corrected chi connectivity index (χ2v) is 6.14. The molecule has 0 aromatic heterocycles. The number of piperidine rings is 3. The van der Waals surface area contributed by atoms with Crippen LogP contribution in [0.1, 0.15) is 12.8 Å². The van der Waals surface area contributed by atoms with Gasteiger partial charge in [0.1, 0.15) is 6.04 Å². The van der Waals surface area contributed by atoms with Crippen LogP contribution in [0, 0.1) is 5.92 Å². The topological polar surface area (TPSA) is 52.6 Å². The van der Waals surface area contributed by atoms with Gasteiger partial charge >= 0.3 is 5.97 Å². The number of carboxylic acids is 1. The number of carboxylic acid groups (broad SMARTS) is 1. The number of hydrogen-bond donors (Lipinski definition) is 2. The molecule has 1 spiro atoms. The largest absolute Gasteiger partial charge is 0.480 e. The monoisotopic (exact) mass is 228 g/mol. The molecule has 0 amide bonds. The van der Waals surface area contributed by atoms with E-state index in [9.17, 15) is 4.79 Å². The van der Waals surface area contributed by atoms with E-state index in [-0.39, 0.29) is 10.9 Å². The molecule has 5 heteroatoms. The van der Waals surface area contributed by atoms with Gasteiger partial charge in [-0.15, -0.1) is 11.8 Å². The van der Waals surface area contributed by atoms with Crippen LogP contribution in [0.3, 0.4) is 0 Å². The summed E-state index contributed by atoms with van der Waals surface area (Å²) >= 11 is 1.83. The third-order valence-corrected chi connectivity index (χ3v) is 5.53. The normalized spacial score (nSPS) is 48.7. The fourth-order valence-electron chi connectivity index (χ4n) is 3.09. The first-order valence-electron chi connectivity index (χ1n) is 5.56. The summed E-state index contributed by atoms with van der Waals surface area (Å²) < 4.78 is 0. The molecule has 0 aromatic rings. The van der Waals surface area contributed by atoms with Gasteiger partial charge in [0.15, 0.2) is 0 Å². The van der Waals surface area contributed by atoms with Crippen LogP contribution in [-0.4, -0.2) is 52.3 Å². The van der Waals surface area contributed by atoms with Crippen molar-refractivity contribution in [1.82, 2.24) is 10.2 Å². The number of carbonyl (C=O) groups is 1. The lowest BCUT2D eigenvalue weighted by Gasteiger charge is -2.51. The van der Waals surface area contributed by atoms with E-state index in [0.29, 0.717) is 5.92 Å². The second-order valence-electron chi connectivity index (χ2n) is 4.79. The van der Waals surface area contributed by atoms with Crippen molar-refractivity contribution in [3.05, 3.63) is 0 Å². The maximum Gasteiger partial charge on any atom is 0.321 e. The molecule has 4 aliphatic rings. The number of rotatable bonds is 1. The first-order chi connectivity index (χ1) is 7.20. The van der Waals surface area contributed by atoms with Crippen molar-refractivity contribution >= 4 is 17.7 Å². The Morgan fingerprint density at radius 2 is 2.20 bits per heavy atom. The van der Waals surface area contributed by atoms with Crippen molar-refractivity contribution in [2.75, 3.05) is 25.4 Å². The van der Waals surface area contributed by atoms with Gasteiger partial charge in [-0.05, 0) is 31.8 Å². The van der Waals surface area contributed by atoms with E-state index >= 15 is 0 Å². The van der Waals surface area contributed by atoms with Crippen molar-refractivity contribution in [1.29, 1.82) is 0 Å². The quantitative estimate of drug-likeness (QED) is 0.671. The van der Waals surface area contributed by atoms with E-state index in [4.69, 9.17) is 5.11 Å². The molecule has 15 heavy (non-hydrogen) atoms. The van der Waals surface area contributed by atoms with Gasteiger partial charge in [0, 0.05) is 12.3 Å². The zero-order valence-corrected chi connectivity index (χ0v) is 9.42. The van der Waals surface area contributed by atoms with Crippen molar-refractivity contribution in [3.8, 4) is 0 Å². The maximum absolute atomic E-state index is 10.9. The highest BCUT2D eigenvalue weighted by atomic mass is 32.2. The predicted molar refractivity (Wildman–Crippen MR) is 58.9 cm³/mol. The highest BCUT2D eigenvalue weighted by Crippen LogP contribution is 2.46. The molecule has 4 saturated heterocycles. The zero-order valence-electron chi connectivity index (χ0n) is 8.61. The lowest BCUT2D eigenvalue weighted by atomic mass is 9.83. The molecule has 4 nitrogen and oxygen atoms in total. The van der Waals surface area contributed by atoms with Crippen LogP contribution in [0.5, 0.6) is 0 Å². The van der Waals surface area contributed by atoms with E-state index in [1.165, 1.54) is 25.9 Å². The van der Waals surface area contributed by atoms with Crippen LogP contribution in [0.4, 0.5) is 0 Å². The fraction of sp³-hybridized carbons (Fsp3) is 0.900. The molecule has 2 unspecified atom stereocenters. The summed E-state index contributed by atoms with van der Waals surface area (Å²) in [4.78, 5) is 13.5. The molecular formula is C10H16N2O2S. The van der Waals surface area contributed by atoms with Crippen LogP contribution in [0.2, 0.25) is 0 Å². The summed E-state index contributed by atoms with van der Waals surface area (Å²) in [6, 6.07) is -0.337. The van der Waals surface area contributed by atoms with Crippen molar-refractivity contribution in [2.45, 2.75) is 23.8 Å². The second kappa shape index (κ2) is 3.37. The van der Waals surface area contributed by atoms with E-state index in [1.807, 2.05) is 11.8 Å². The Morgan fingerprint density at radius 1 is 1.47 bits per heavy atom. The summed E-state index contributed by atoms with van der Waals surface area (Å²) in [6.07, 6.45) is 2.46. The standard InChI is InChI=1S/C10H16N2O2S/c13-9(14)8-5-15-10(11-8)6-12-3-1-7(10)2-4-12/h7-8,11H,1-6H2,(H,13,14). The smallest absolute Gasteiger partial charge is 0.321 e. The van der Waals surface area contributed by atoms with Crippen molar-refractivity contribution in [2.24, 2.45) is 5.92 Å². The Morgan fingerprint density at radius 3 is 2.67 bits per heavy atom. The number of fused-ring (bicyclic) bond motifs is 2. The van der Waals surface area contributed by atoms with Crippen LogP contribution >= 0.6 is 11.8 Å². The van der Waals surface area contributed by atoms with Gasteiger partial charge in [-0.3, -0.25) is 10.1 Å². The Kier molecular flexibility index (Phi) is 2.23. The molecule has 2 N–H and O–H groups in total. The minimum absolute atomic E-state index is 0.0551. The van der Waals surface area contributed by atoms with E-state index in [0.717, 1.165) is 12.3 Å². The summed E-state index contributed by atoms with van der Waals surface area (Å²) in [5, 5.41) is 12.4. The molecule has 2 atom stereocenters. The van der Waals surface area contributed by atoms with Gasteiger partial charge in [-0.1, -0.05) is 0 Å². The average molecular weight is 228 g/mol. The van der Waals surface area contributed by atoms with E-state index in [1.54, 1.807) is 0 Å². The Balaban J connectivity index is 1.78. The number of nitrogens with one attached hydrogen (secondary N) is 1. The summed E-state index contributed by atoms with van der Waals surface area (Å²) in [5.41, 5.74) is 0. The van der Waals surface area contributed by atoms with Gasteiger partial charge in [-0.25, -0.2) is 0 Å². The van der Waals surface area contributed by atoms with Gasteiger partial charge in [0.25, 0.3) is 0 Å². The minimum Gasteiger partial charge on any atom is -0.480 e. The molecule has 4 rings (SSSR count). The van der Waals surface area contributed by atoms with Crippen LogP contribution in [0.25, 0.3) is 0 Å². The third-order valence-electron chi connectivity index (χ3n) is 3.93. The van der Waals surface area contributed by atoms with Gasteiger partial charge in [-0.2, -0.15) is 0 Å². The molecule has 4 fully saturated rings. The maximum atomic E-state index is 10.9. The average Bonchev–Trinajstić information content (AvgIpc) is 2.64. The zero-order chi connectivity index (χ0) is 10.5. The Hall–Kier alpha value is -0.260. The molecule has 0 aliphatic carbocycles. The molecule has 84 valence electrons. The first-order valence-corrected chi connectivity index (χ1v) is 6.55.